The number of nitrogens with zero attached hydrogens (tertiary/aromatic N) is 3. The summed E-state index contributed by atoms with van der Waals surface area (Å²) in [5, 5.41) is 1.14. The first kappa shape index (κ1) is 15.6. The number of aromatic nitrogens is 1. The number of carbonyl (C=O) groups is 1. The lowest BCUT2D eigenvalue weighted by Crippen LogP contribution is -2.50. The minimum Gasteiger partial charge on any atom is -0.444 e. The van der Waals surface area contributed by atoms with E-state index in [1.165, 1.54) is 0 Å². The standard InChI is InChI=1S/C18H23N3O2/c1-18(2,3)23-17(22)21-12-10-20(11-13-21)16-9-8-14-6-4-5-7-15(14)19-16/h4-9H,10-13H2,1-3H3. The highest BCUT2D eigenvalue weighted by Crippen LogP contribution is 2.20. The maximum Gasteiger partial charge on any atom is 0.410 e. The van der Waals surface area contributed by atoms with Crippen LogP contribution in [-0.4, -0.2) is 47.8 Å². The normalized spacial score (nSPS) is 15.8. The molecule has 2 aromatic rings. The van der Waals surface area contributed by atoms with Crippen molar-refractivity contribution >= 4 is 22.8 Å². The summed E-state index contributed by atoms with van der Waals surface area (Å²) >= 11 is 0. The number of carbonyl (C=O) groups excluding carboxylic acids is 1. The second-order valence-electron chi connectivity index (χ2n) is 6.82. The van der Waals surface area contributed by atoms with Gasteiger partial charge >= 0.3 is 6.09 Å². The predicted octanol–water partition coefficient (Wildman–Crippen LogP) is 3.29. The molecule has 0 aliphatic carbocycles. The van der Waals surface area contributed by atoms with Crippen LogP contribution >= 0.6 is 0 Å². The molecule has 0 bridgehead atoms. The first-order valence-electron chi connectivity index (χ1n) is 8.01. The van der Waals surface area contributed by atoms with Gasteiger partial charge in [-0.25, -0.2) is 9.78 Å². The van der Waals surface area contributed by atoms with Crippen LogP contribution in [-0.2, 0) is 4.74 Å². The van der Waals surface area contributed by atoms with Gasteiger partial charge in [0.2, 0.25) is 0 Å². The van der Waals surface area contributed by atoms with Crippen molar-refractivity contribution in [1.82, 2.24) is 9.88 Å². The SMILES string of the molecule is CC(C)(C)OC(=O)N1CCN(c2ccc3ccccc3n2)CC1. The van der Waals surface area contributed by atoms with Crippen LogP contribution < -0.4 is 4.90 Å². The maximum atomic E-state index is 12.1. The lowest BCUT2D eigenvalue weighted by atomic mass is 10.2. The van der Waals surface area contributed by atoms with Gasteiger partial charge in [0.1, 0.15) is 11.4 Å². The monoisotopic (exact) mass is 313 g/mol. The fourth-order valence-electron chi connectivity index (χ4n) is 2.68. The van der Waals surface area contributed by atoms with E-state index in [-0.39, 0.29) is 6.09 Å². The first-order chi connectivity index (χ1) is 10.9. The Labute approximate surface area is 136 Å². The van der Waals surface area contributed by atoms with E-state index in [2.05, 4.69) is 17.0 Å². The summed E-state index contributed by atoms with van der Waals surface area (Å²) in [6.07, 6.45) is -0.233. The van der Waals surface area contributed by atoms with Crippen molar-refractivity contribution in [1.29, 1.82) is 0 Å². The molecule has 1 aliphatic heterocycles. The minimum atomic E-state index is -0.450. The van der Waals surface area contributed by atoms with Crippen molar-refractivity contribution in [2.45, 2.75) is 26.4 Å². The van der Waals surface area contributed by atoms with E-state index in [1.54, 1.807) is 4.90 Å². The van der Waals surface area contributed by atoms with Crippen LogP contribution in [0.2, 0.25) is 0 Å². The highest BCUT2D eigenvalue weighted by atomic mass is 16.6. The molecule has 1 fully saturated rings. The number of amides is 1. The van der Waals surface area contributed by atoms with Crippen molar-refractivity contribution in [3.63, 3.8) is 0 Å². The van der Waals surface area contributed by atoms with Crippen molar-refractivity contribution in [2.75, 3.05) is 31.1 Å². The number of fused-ring (bicyclic) bond motifs is 1. The van der Waals surface area contributed by atoms with Crippen LogP contribution in [0, 0.1) is 0 Å². The number of rotatable bonds is 1. The number of benzene rings is 1. The fraction of sp³-hybridized carbons (Fsp3) is 0.444. The zero-order valence-electron chi connectivity index (χ0n) is 14.0. The molecule has 0 unspecified atom stereocenters. The second kappa shape index (κ2) is 6.07. The van der Waals surface area contributed by atoms with Gasteiger partial charge in [0.25, 0.3) is 0 Å². The molecule has 2 heterocycles. The minimum absolute atomic E-state index is 0.233. The number of pyridine rings is 1. The molecule has 3 rings (SSSR count). The Balaban J connectivity index is 1.65. The van der Waals surface area contributed by atoms with Crippen LogP contribution in [0.25, 0.3) is 10.9 Å². The summed E-state index contributed by atoms with van der Waals surface area (Å²) in [6, 6.07) is 12.2. The summed E-state index contributed by atoms with van der Waals surface area (Å²) in [5.41, 5.74) is 0.549. The molecule has 1 aromatic carbocycles. The number of hydrogen-bond acceptors (Lipinski definition) is 4. The Morgan fingerprint density at radius 2 is 1.74 bits per heavy atom. The van der Waals surface area contributed by atoms with E-state index in [0.29, 0.717) is 13.1 Å². The zero-order chi connectivity index (χ0) is 16.4. The first-order valence-corrected chi connectivity index (χ1v) is 8.01. The van der Waals surface area contributed by atoms with Crippen LogP contribution in [0.3, 0.4) is 0 Å². The van der Waals surface area contributed by atoms with Crippen LogP contribution in [0.4, 0.5) is 10.6 Å². The third-order valence-electron chi connectivity index (χ3n) is 3.84. The molecule has 1 amide bonds. The molecule has 0 atom stereocenters. The highest BCUT2D eigenvalue weighted by Gasteiger charge is 2.26. The Kier molecular flexibility index (Phi) is 4.11. The predicted molar refractivity (Wildman–Crippen MR) is 91.8 cm³/mol. The fourth-order valence-corrected chi connectivity index (χ4v) is 2.68. The van der Waals surface area contributed by atoms with Crippen LogP contribution in [0.5, 0.6) is 0 Å². The largest absolute Gasteiger partial charge is 0.444 e. The molecule has 23 heavy (non-hydrogen) atoms. The smallest absolute Gasteiger partial charge is 0.410 e. The maximum absolute atomic E-state index is 12.1. The van der Waals surface area contributed by atoms with Gasteiger partial charge in [-0.05, 0) is 39.0 Å². The third kappa shape index (κ3) is 3.73. The Bertz CT molecular complexity index is 701. The van der Waals surface area contributed by atoms with E-state index in [9.17, 15) is 4.79 Å². The van der Waals surface area contributed by atoms with Crippen LogP contribution in [0.1, 0.15) is 20.8 Å². The lowest BCUT2D eigenvalue weighted by Gasteiger charge is -2.36. The molecule has 1 saturated heterocycles. The summed E-state index contributed by atoms with van der Waals surface area (Å²) in [5.74, 6) is 0.965. The number of hydrogen-bond donors (Lipinski definition) is 0. The molecule has 0 spiro atoms. The van der Waals surface area contributed by atoms with Gasteiger partial charge in [-0.15, -0.1) is 0 Å². The molecule has 0 radical (unpaired) electrons. The summed E-state index contributed by atoms with van der Waals surface area (Å²) in [4.78, 5) is 20.8. The van der Waals surface area contributed by atoms with Gasteiger partial charge in [0, 0.05) is 31.6 Å². The Morgan fingerprint density at radius 1 is 1.04 bits per heavy atom. The molecule has 5 heteroatoms. The van der Waals surface area contributed by atoms with Gasteiger partial charge in [0.05, 0.1) is 5.52 Å². The molecule has 1 aliphatic rings. The molecule has 1 aromatic heterocycles. The number of ether oxygens (including phenoxy) is 1. The van der Waals surface area contributed by atoms with Gasteiger partial charge in [-0.3, -0.25) is 0 Å². The number of piperazine rings is 1. The quantitative estimate of drug-likeness (QED) is 0.810. The van der Waals surface area contributed by atoms with E-state index in [1.807, 2.05) is 45.0 Å². The second-order valence-corrected chi connectivity index (χ2v) is 6.82. The molecule has 122 valence electrons. The highest BCUT2D eigenvalue weighted by molar-refractivity contribution is 5.80. The molecular formula is C18H23N3O2. The van der Waals surface area contributed by atoms with Crippen molar-refractivity contribution in [3.8, 4) is 0 Å². The zero-order valence-corrected chi connectivity index (χ0v) is 14.0. The Morgan fingerprint density at radius 3 is 2.43 bits per heavy atom. The summed E-state index contributed by atoms with van der Waals surface area (Å²) < 4.78 is 5.43. The molecule has 0 N–H and O–H groups in total. The van der Waals surface area contributed by atoms with Crippen molar-refractivity contribution in [2.24, 2.45) is 0 Å². The van der Waals surface area contributed by atoms with Gasteiger partial charge in [0.15, 0.2) is 0 Å². The summed E-state index contributed by atoms with van der Waals surface area (Å²) in [6.45, 7) is 8.52. The van der Waals surface area contributed by atoms with Crippen molar-refractivity contribution in [3.05, 3.63) is 36.4 Å². The van der Waals surface area contributed by atoms with Gasteiger partial charge < -0.3 is 14.5 Å². The molecule has 5 nitrogen and oxygen atoms in total. The molecular weight excluding hydrogens is 290 g/mol. The summed E-state index contributed by atoms with van der Waals surface area (Å²) in [7, 11) is 0. The number of para-hydroxylation sites is 1. The average Bonchev–Trinajstić information content (AvgIpc) is 2.53. The third-order valence-corrected chi connectivity index (χ3v) is 3.84. The van der Waals surface area contributed by atoms with E-state index < -0.39 is 5.60 Å². The Hall–Kier alpha value is -2.30. The van der Waals surface area contributed by atoms with E-state index >= 15 is 0 Å². The topological polar surface area (TPSA) is 45.7 Å². The van der Waals surface area contributed by atoms with E-state index in [0.717, 1.165) is 29.8 Å². The lowest BCUT2D eigenvalue weighted by molar-refractivity contribution is 0.0240. The number of anilines is 1. The van der Waals surface area contributed by atoms with Crippen LogP contribution in [0.15, 0.2) is 36.4 Å². The van der Waals surface area contributed by atoms with Gasteiger partial charge in [-0.2, -0.15) is 0 Å². The average molecular weight is 313 g/mol. The van der Waals surface area contributed by atoms with E-state index in [4.69, 9.17) is 9.72 Å². The van der Waals surface area contributed by atoms with Crippen molar-refractivity contribution < 1.29 is 9.53 Å². The molecule has 0 saturated carbocycles. The van der Waals surface area contributed by atoms with Gasteiger partial charge in [-0.1, -0.05) is 18.2 Å².